The average molecular weight is 744 g/mol. The van der Waals surface area contributed by atoms with Crippen molar-refractivity contribution in [2.24, 2.45) is 17.3 Å². The molecule has 1 heterocycles. The number of hydrogen-bond acceptors (Lipinski definition) is 10. The van der Waals surface area contributed by atoms with Gasteiger partial charge in [0, 0.05) is 24.6 Å². The Bertz CT molecular complexity index is 1580. The first-order valence-electron chi connectivity index (χ1n) is 17.6. The third-order valence-corrected chi connectivity index (χ3v) is 8.25. The summed E-state index contributed by atoms with van der Waals surface area (Å²) in [6, 6.07) is 9.25. The monoisotopic (exact) mass is 743 g/mol. The van der Waals surface area contributed by atoms with Crippen LogP contribution in [0.4, 0.5) is 4.39 Å². The number of halogens is 1. The molecular formula is C40H54FNO11. The number of carboxylic acid groups (broad SMARTS) is 1. The maximum atomic E-state index is 13.8. The van der Waals surface area contributed by atoms with Crippen LogP contribution in [0.15, 0.2) is 48.6 Å². The zero-order valence-corrected chi connectivity index (χ0v) is 32.1. The van der Waals surface area contributed by atoms with Crippen LogP contribution in [0.25, 0.3) is 0 Å². The molecule has 1 N–H and O–H groups in total. The van der Waals surface area contributed by atoms with Crippen molar-refractivity contribution in [3.05, 3.63) is 65.5 Å². The fourth-order valence-electron chi connectivity index (χ4n) is 4.98. The van der Waals surface area contributed by atoms with E-state index in [1.807, 2.05) is 45.9 Å². The van der Waals surface area contributed by atoms with E-state index in [-0.39, 0.29) is 50.5 Å². The quantitative estimate of drug-likeness (QED) is 0.114. The van der Waals surface area contributed by atoms with E-state index < -0.39 is 35.1 Å². The summed E-state index contributed by atoms with van der Waals surface area (Å²) in [4.78, 5) is 60.6. The minimum absolute atomic E-state index is 0.00531. The predicted molar refractivity (Wildman–Crippen MR) is 196 cm³/mol. The van der Waals surface area contributed by atoms with Crippen molar-refractivity contribution in [3.8, 4) is 17.2 Å². The molecule has 1 aliphatic rings. The number of nitrogens with zero attached hydrogens (tertiary/aromatic N) is 1. The van der Waals surface area contributed by atoms with Crippen molar-refractivity contribution in [2.45, 2.75) is 73.3 Å². The third kappa shape index (κ3) is 15.0. The number of Topliss-reactive ketones (excluding diaryl/α,β-unsaturated/α-hetero) is 2. The summed E-state index contributed by atoms with van der Waals surface area (Å²) >= 11 is 0. The van der Waals surface area contributed by atoms with Gasteiger partial charge in [0.1, 0.15) is 24.8 Å². The summed E-state index contributed by atoms with van der Waals surface area (Å²) in [5.41, 5.74) is 0.713. The molecule has 0 bridgehead atoms. The molecule has 3 rings (SSSR count). The SMILES string of the molecule is CC(C)C/C=C\C(=O)OCC(C)(C)C(=O)C(=O)N1CCOC[C@H]1C(=O)O.COc1ccc(CCCc2cc(F)cc(OCC(=O)C(C)C)c2)cc1OC. The van der Waals surface area contributed by atoms with E-state index in [1.54, 1.807) is 26.4 Å². The van der Waals surface area contributed by atoms with E-state index in [0.29, 0.717) is 29.6 Å². The fraction of sp³-hybridized carbons (Fsp3) is 0.525. The highest BCUT2D eigenvalue weighted by molar-refractivity contribution is 6.38. The zero-order chi connectivity index (χ0) is 39.7. The second-order valence-electron chi connectivity index (χ2n) is 14.0. The van der Waals surface area contributed by atoms with E-state index in [4.69, 9.17) is 23.7 Å². The maximum absolute atomic E-state index is 13.8. The van der Waals surface area contributed by atoms with Crippen LogP contribution in [-0.2, 0) is 46.3 Å². The molecule has 0 radical (unpaired) electrons. The third-order valence-electron chi connectivity index (χ3n) is 8.25. The Morgan fingerprint density at radius 1 is 0.981 bits per heavy atom. The molecule has 0 spiro atoms. The van der Waals surface area contributed by atoms with Gasteiger partial charge in [-0.3, -0.25) is 14.4 Å². The highest BCUT2D eigenvalue weighted by atomic mass is 19.1. The number of morpholine rings is 1. The number of amides is 1. The molecule has 1 atom stereocenters. The Morgan fingerprint density at radius 3 is 2.28 bits per heavy atom. The van der Waals surface area contributed by atoms with Crippen LogP contribution in [0.2, 0.25) is 0 Å². The number of esters is 1. The van der Waals surface area contributed by atoms with Crippen molar-refractivity contribution in [1.82, 2.24) is 4.90 Å². The smallest absolute Gasteiger partial charge is 0.330 e. The van der Waals surface area contributed by atoms with Gasteiger partial charge in [-0.2, -0.15) is 0 Å². The van der Waals surface area contributed by atoms with Gasteiger partial charge in [0.2, 0.25) is 5.78 Å². The molecule has 292 valence electrons. The van der Waals surface area contributed by atoms with Crippen LogP contribution in [0, 0.1) is 23.1 Å². The number of rotatable bonds is 18. The summed E-state index contributed by atoms with van der Waals surface area (Å²) in [6.45, 7) is 10.3. The largest absolute Gasteiger partial charge is 0.493 e. The van der Waals surface area contributed by atoms with Crippen LogP contribution in [0.3, 0.4) is 0 Å². The molecule has 13 heteroatoms. The summed E-state index contributed by atoms with van der Waals surface area (Å²) in [7, 11) is 3.22. The van der Waals surface area contributed by atoms with E-state index in [1.165, 1.54) is 32.1 Å². The lowest BCUT2D eigenvalue weighted by Crippen LogP contribution is -2.56. The lowest BCUT2D eigenvalue weighted by Gasteiger charge is -2.34. The fourth-order valence-corrected chi connectivity index (χ4v) is 4.98. The summed E-state index contributed by atoms with van der Waals surface area (Å²) in [6.07, 6.45) is 6.11. The average Bonchev–Trinajstić information content (AvgIpc) is 3.12. The summed E-state index contributed by atoms with van der Waals surface area (Å²) in [5.74, 6) is -1.79. The molecule has 53 heavy (non-hydrogen) atoms. The molecule has 1 amide bonds. The number of carbonyl (C=O) groups excluding carboxylic acids is 4. The van der Waals surface area contributed by atoms with Gasteiger partial charge >= 0.3 is 11.9 Å². The Balaban J connectivity index is 0.000000367. The molecule has 1 fully saturated rings. The van der Waals surface area contributed by atoms with Crippen molar-refractivity contribution in [3.63, 3.8) is 0 Å². The minimum Gasteiger partial charge on any atom is -0.493 e. The Morgan fingerprint density at radius 2 is 1.66 bits per heavy atom. The van der Waals surface area contributed by atoms with Gasteiger partial charge in [-0.25, -0.2) is 14.0 Å². The van der Waals surface area contributed by atoms with Gasteiger partial charge in [-0.05, 0) is 80.8 Å². The Hall–Kier alpha value is -4.78. The Labute approximate surface area is 311 Å². The van der Waals surface area contributed by atoms with Crippen molar-refractivity contribution in [2.75, 3.05) is 47.2 Å². The van der Waals surface area contributed by atoms with Crippen LogP contribution >= 0.6 is 0 Å². The van der Waals surface area contributed by atoms with Crippen LogP contribution in [0.5, 0.6) is 17.2 Å². The number of ketones is 2. The molecule has 1 saturated heterocycles. The van der Waals surface area contributed by atoms with Crippen LogP contribution in [-0.4, -0.2) is 92.7 Å². The van der Waals surface area contributed by atoms with E-state index in [9.17, 15) is 33.5 Å². The van der Waals surface area contributed by atoms with Crippen LogP contribution < -0.4 is 14.2 Å². The molecule has 12 nitrogen and oxygen atoms in total. The van der Waals surface area contributed by atoms with Gasteiger partial charge in [0.15, 0.2) is 23.3 Å². The first kappa shape index (κ1) is 44.4. The first-order chi connectivity index (χ1) is 25.0. The number of hydrogen-bond donors (Lipinski definition) is 1. The number of ether oxygens (including phenoxy) is 5. The lowest BCUT2D eigenvalue weighted by atomic mass is 9.88. The Kier molecular flexibility index (Phi) is 18.2. The molecule has 2 aromatic carbocycles. The van der Waals surface area contributed by atoms with E-state index >= 15 is 0 Å². The molecular weight excluding hydrogens is 689 g/mol. The van der Waals surface area contributed by atoms with Crippen LogP contribution in [0.1, 0.15) is 65.5 Å². The second-order valence-corrected chi connectivity index (χ2v) is 14.0. The highest BCUT2D eigenvalue weighted by Gasteiger charge is 2.41. The number of allylic oxidation sites excluding steroid dienone is 1. The van der Waals surface area contributed by atoms with Crippen molar-refractivity contribution < 1.29 is 57.2 Å². The number of aliphatic carboxylic acids is 1. The molecule has 0 unspecified atom stereocenters. The number of carbonyl (C=O) groups is 5. The van der Waals surface area contributed by atoms with Gasteiger partial charge in [0.25, 0.3) is 5.91 Å². The van der Waals surface area contributed by atoms with Crippen molar-refractivity contribution in [1.29, 1.82) is 0 Å². The molecule has 0 aromatic heterocycles. The van der Waals surface area contributed by atoms with Gasteiger partial charge in [-0.1, -0.05) is 39.8 Å². The summed E-state index contributed by atoms with van der Waals surface area (Å²) < 4.78 is 40.0. The predicted octanol–water partition coefficient (Wildman–Crippen LogP) is 5.66. The van der Waals surface area contributed by atoms with E-state index in [0.717, 1.165) is 35.3 Å². The van der Waals surface area contributed by atoms with Gasteiger partial charge < -0.3 is 33.7 Å². The van der Waals surface area contributed by atoms with Gasteiger partial charge in [-0.15, -0.1) is 0 Å². The molecule has 1 aliphatic heterocycles. The number of carboxylic acids is 1. The van der Waals surface area contributed by atoms with E-state index in [2.05, 4.69) is 0 Å². The molecule has 0 saturated carbocycles. The normalized spacial score (nSPS) is 14.4. The minimum atomic E-state index is -1.26. The molecule has 2 aromatic rings. The van der Waals surface area contributed by atoms with Crippen molar-refractivity contribution >= 4 is 29.4 Å². The maximum Gasteiger partial charge on any atom is 0.330 e. The second kappa shape index (κ2) is 21.7. The topological polar surface area (TPSA) is 155 Å². The zero-order valence-electron chi connectivity index (χ0n) is 32.1. The standard InChI is InChI=1S/C22H27FO4.C18H27NO7/c1-15(2)20(24)14-27-19-11-17(10-18(23)13-19)7-5-6-16-8-9-21(25-3)22(12-16)26-4;1-12(2)6-5-7-14(20)26-11-18(3,4)15(21)16(22)19-8-9-25-10-13(19)17(23)24/h8-13,15H,5-7,14H2,1-4H3;5,7,12-13H,6,8-11H2,1-4H3,(H,23,24)/b;7-5-/t;13-/m.0/s1. The lowest BCUT2D eigenvalue weighted by molar-refractivity contribution is -0.164. The highest BCUT2D eigenvalue weighted by Crippen LogP contribution is 2.28. The first-order valence-corrected chi connectivity index (χ1v) is 17.6. The number of aryl methyl sites for hydroxylation is 2. The van der Waals surface area contributed by atoms with Gasteiger partial charge in [0.05, 0.1) is 32.8 Å². The molecule has 0 aliphatic carbocycles. The number of methoxy groups -OCH3 is 2. The summed E-state index contributed by atoms with van der Waals surface area (Å²) in [5, 5.41) is 9.18. The number of benzene rings is 2.